The van der Waals surface area contributed by atoms with Crippen LogP contribution >= 0.6 is 0 Å². The summed E-state index contributed by atoms with van der Waals surface area (Å²) >= 11 is 0. The number of aromatic nitrogens is 2. The summed E-state index contributed by atoms with van der Waals surface area (Å²) in [4.78, 5) is 13.1. The number of anilines is 1. The summed E-state index contributed by atoms with van der Waals surface area (Å²) in [5, 5.41) is 9.72. The van der Waals surface area contributed by atoms with Crippen LogP contribution in [0.2, 0.25) is 0 Å². The summed E-state index contributed by atoms with van der Waals surface area (Å²) in [7, 11) is 2.11. The van der Waals surface area contributed by atoms with Crippen LogP contribution in [0.3, 0.4) is 0 Å². The van der Waals surface area contributed by atoms with Crippen molar-refractivity contribution in [1.82, 2.24) is 14.9 Å². The van der Waals surface area contributed by atoms with Crippen LogP contribution in [0.5, 0.6) is 0 Å². The van der Waals surface area contributed by atoms with Crippen LogP contribution in [0, 0.1) is 0 Å². The maximum atomic E-state index is 9.72. The van der Waals surface area contributed by atoms with Gasteiger partial charge in [0.25, 0.3) is 0 Å². The molecule has 1 aliphatic rings. The van der Waals surface area contributed by atoms with Crippen molar-refractivity contribution < 1.29 is 5.11 Å². The average Bonchev–Trinajstić information content (AvgIpc) is 2.48. The molecule has 0 radical (unpaired) electrons. The number of likely N-dealkylation sites (N-methyl/N-ethyl adjacent to an activating group) is 1. The molecular formula is C14H24N4O. The Morgan fingerprint density at radius 2 is 2.00 bits per heavy atom. The molecule has 106 valence electrons. The van der Waals surface area contributed by atoms with Crippen molar-refractivity contribution in [3.05, 3.63) is 18.5 Å². The lowest BCUT2D eigenvalue weighted by Gasteiger charge is -2.37. The monoisotopic (exact) mass is 264 g/mol. The van der Waals surface area contributed by atoms with Gasteiger partial charge in [-0.05, 0) is 32.4 Å². The molecule has 0 saturated carbocycles. The van der Waals surface area contributed by atoms with Gasteiger partial charge in [-0.15, -0.1) is 0 Å². The minimum atomic E-state index is -0.208. The van der Waals surface area contributed by atoms with Crippen molar-refractivity contribution in [3.63, 3.8) is 0 Å². The van der Waals surface area contributed by atoms with Crippen molar-refractivity contribution in [2.75, 3.05) is 31.6 Å². The Morgan fingerprint density at radius 3 is 2.58 bits per heavy atom. The van der Waals surface area contributed by atoms with Gasteiger partial charge in [-0.2, -0.15) is 0 Å². The Balaban J connectivity index is 1.82. The number of aliphatic hydroxyl groups excluding tert-OH is 1. The zero-order chi connectivity index (χ0) is 13.7. The van der Waals surface area contributed by atoms with Crippen LogP contribution in [0.4, 0.5) is 5.95 Å². The van der Waals surface area contributed by atoms with E-state index >= 15 is 0 Å². The maximum Gasteiger partial charge on any atom is 0.225 e. The largest absolute Gasteiger partial charge is 0.392 e. The number of nitrogens with zero attached hydrogens (tertiary/aromatic N) is 4. The SMILES string of the molecule is CC[C@H](O)CN(C)C1CCN(c2ncccn2)CC1. The predicted octanol–water partition coefficient (Wildman–Crippen LogP) is 1.15. The zero-order valence-corrected chi connectivity index (χ0v) is 11.9. The average molecular weight is 264 g/mol. The molecule has 0 spiro atoms. The van der Waals surface area contributed by atoms with Crippen molar-refractivity contribution in [2.24, 2.45) is 0 Å². The fraction of sp³-hybridized carbons (Fsp3) is 0.714. The number of rotatable bonds is 5. The van der Waals surface area contributed by atoms with Crippen molar-refractivity contribution >= 4 is 5.95 Å². The normalized spacial score (nSPS) is 18.8. The molecule has 2 rings (SSSR count). The fourth-order valence-electron chi connectivity index (χ4n) is 2.57. The molecule has 1 atom stereocenters. The molecule has 0 bridgehead atoms. The van der Waals surface area contributed by atoms with Gasteiger partial charge in [0.2, 0.25) is 5.95 Å². The van der Waals surface area contributed by atoms with E-state index in [0.717, 1.165) is 44.8 Å². The van der Waals surface area contributed by atoms with E-state index in [-0.39, 0.29) is 6.10 Å². The minimum Gasteiger partial charge on any atom is -0.392 e. The zero-order valence-electron chi connectivity index (χ0n) is 11.9. The van der Waals surface area contributed by atoms with Gasteiger partial charge in [0, 0.05) is 38.1 Å². The van der Waals surface area contributed by atoms with Gasteiger partial charge in [0.15, 0.2) is 0 Å². The summed E-state index contributed by atoms with van der Waals surface area (Å²) in [6.45, 7) is 4.76. The molecule has 1 aromatic rings. The van der Waals surface area contributed by atoms with Gasteiger partial charge < -0.3 is 14.9 Å². The fourth-order valence-corrected chi connectivity index (χ4v) is 2.57. The molecule has 0 amide bonds. The van der Waals surface area contributed by atoms with Gasteiger partial charge in [0.05, 0.1) is 6.10 Å². The molecule has 19 heavy (non-hydrogen) atoms. The van der Waals surface area contributed by atoms with E-state index in [9.17, 15) is 5.11 Å². The van der Waals surface area contributed by atoms with Gasteiger partial charge in [0.1, 0.15) is 0 Å². The molecule has 0 aliphatic carbocycles. The van der Waals surface area contributed by atoms with Gasteiger partial charge in [-0.3, -0.25) is 0 Å². The van der Waals surface area contributed by atoms with E-state index in [0.29, 0.717) is 6.04 Å². The first-order chi connectivity index (χ1) is 9.20. The second-order valence-corrected chi connectivity index (χ2v) is 5.27. The smallest absolute Gasteiger partial charge is 0.225 e. The Bertz CT molecular complexity index is 365. The van der Waals surface area contributed by atoms with Crippen LogP contribution < -0.4 is 4.90 Å². The number of piperidine rings is 1. The summed E-state index contributed by atoms with van der Waals surface area (Å²) in [6.07, 6.45) is 6.40. The predicted molar refractivity (Wildman–Crippen MR) is 76.2 cm³/mol. The first kappa shape index (κ1) is 14.2. The molecule has 1 aliphatic heterocycles. The lowest BCUT2D eigenvalue weighted by Crippen LogP contribution is -2.45. The highest BCUT2D eigenvalue weighted by atomic mass is 16.3. The molecule has 1 N–H and O–H groups in total. The van der Waals surface area contributed by atoms with Crippen molar-refractivity contribution in [2.45, 2.75) is 38.3 Å². The molecule has 5 heteroatoms. The first-order valence-electron chi connectivity index (χ1n) is 7.11. The summed E-state index contributed by atoms with van der Waals surface area (Å²) in [5.74, 6) is 0.831. The Hall–Kier alpha value is -1.20. The van der Waals surface area contributed by atoms with Gasteiger partial charge >= 0.3 is 0 Å². The second-order valence-electron chi connectivity index (χ2n) is 5.27. The standard InChI is InChI=1S/C14H24N4O/c1-3-13(19)11-17(2)12-5-9-18(10-6-12)14-15-7-4-8-16-14/h4,7-8,12-13,19H,3,5-6,9-11H2,1-2H3/t13-/m0/s1. The molecule has 1 fully saturated rings. The topological polar surface area (TPSA) is 52.5 Å². The Kier molecular flexibility index (Phi) is 5.10. The molecular weight excluding hydrogens is 240 g/mol. The molecule has 1 saturated heterocycles. The third kappa shape index (κ3) is 3.88. The van der Waals surface area contributed by atoms with Gasteiger partial charge in [-0.1, -0.05) is 6.92 Å². The highest BCUT2D eigenvalue weighted by Gasteiger charge is 2.24. The Labute approximate surface area is 115 Å². The van der Waals surface area contributed by atoms with Crippen LogP contribution in [0.15, 0.2) is 18.5 Å². The molecule has 5 nitrogen and oxygen atoms in total. The maximum absolute atomic E-state index is 9.72. The van der Waals surface area contributed by atoms with Crippen LogP contribution in [0.25, 0.3) is 0 Å². The van der Waals surface area contributed by atoms with Crippen molar-refractivity contribution in [1.29, 1.82) is 0 Å². The van der Waals surface area contributed by atoms with Crippen LogP contribution in [-0.4, -0.2) is 58.8 Å². The lowest BCUT2D eigenvalue weighted by atomic mass is 10.0. The molecule has 1 aromatic heterocycles. The van der Waals surface area contributed by atoms with E-state index in [1.165, 1.54) is 0 Å². The van der Waals surface area contributed by atoms with Gasteiger partial charge in [-0.25, -0.2) is 9.97 Å². The van der Waals surface area contributed by atoms with E-state index in [4.69, 9.17) is 0 Å². The lowest BCUT2D eigenvalue weighted by molar-refractivity contribution is 0.0931. The quantitative estimate of drug-likeness (QED) is 0.864. The third-order valence-corrected chi connectivity index (χ3v) is 3.89. The third-order valence-electron chi connectivity index (χ3n) is 3.89. The number of hydrogen-bond acceptors (Lipinski definition) is 5. The molecule has 0 unspecified atom stereocenters. The first-order valence-corrected chi connectivity index (χ1v) is 7.11. The van der Waals surface area contributed by atoms with E-state index in [1.807, 2.05) is 13.0 Å². The Morgan fingerprint density at radius 1 is 1.37 bits per heavy atom. The summed E-state index contributed by atoms with van der Waals surface area (Å²) in [6, 6.07) is 2.40. The summed E-state index contributed by atoms with van der Waals surface area (Å²) in [5.41, 5.74) is 0. The van der Waals surface area contributed by atoms with Crippen LogP contribution in [-0.2, 0) is 0 Å². The number of hydrogen-bond donors (Lipinski definition) is 1. The highest BCUT2D eigenvalue weighted by Crippen LogP contribution is 2.19. The summed E-state index contributed by atoms with van der Waals surface area (Å²) < 4.78 is 0. The highest BCUT2D eigenvalue weighted by molar-refractivity contribution is 5.29. The van der Waals surface area contributed by atoms with E-state index < -0.39 is 0 Å². The molecule has 2 heterocycles. The minimum absolute atomic E-state index is 0.208. The van der Waals surface area contributed by atoms with E-state index in [1.54, 1.807) is 12.4 Å². The second kappa shape index (κ2) is 6.82. The van der Waals surface area contributed by atoms with E-state index in [2.05, 4.69) is 26.8 Å². The van der Waals surface area contributed by atoms with Crippen LogP contribution in [0.1, 0.15) is 26.2 Å². The van der Waals surface area contributed by atoms with Crippen molar-refractivity contribution in [3.8, 4) is 0 Å². The molecule has 0 aromatic carbocycles. The number of aliphatic hydroxyl groups is 1.